The van der Waals surface area contributed by atoms with Crippen molar-refractivity contribution in [2.24, 2.45) is 0 Å². The number of aryl methyl sites for hydroxylation is 1. The number of nitrogens with zero attached hydrogens (tertiary/aromatic N) is 5. The molecule has 3 heterocycles. The Morgan fingerprint density at radius 1 is 1.18 bits per heavy atom. The summed E-state index contributed by atoms with van der Waals surface area (Å²) in [5.41, 5.74) is 9.05. The average Bonchev–Trinajstić information content (AvgIpc) is 3.21. The molecule has 0 radical (unpaired) electrons. The van der Waals surface area contributed by atoms with E-state index in [1.165, 1.54) is 29.1 Å². The van der Waals surface area contributed by atoms with Gasteiger partial charge in [0.25, 0.3) is 0 Å². The fraction of sp³-hybridized carbons (Fsp3) is 0.520. The zero-order valence-corrected chi connectivity index (χ0v) is 20.2. The van der Waals surface area contributed by atoms with Gasteiger partial charge in [-0.25, -0.2) is 4.98 Å². The van der Waals surface area contributed by atoms with Crippen LogP contribution in [0.5, 0.6) is 5.75 Å². The maximum Gasteiger partial charge on any atom is 0.180 e. The molecule has 0 saturated carbocycles. The van der Waals surface area contributed by atoms with E-state index in [2.05, 4.69) is 43.7 Å². The molecule has 1 saturated heterocycles. The van der Waals surface area contributed by atoms with Crippen LogP contribution in [0.3, 0.4) is 0 Å². The Kier molecular flexibility index (Phi) is 6.66. The number of fused-ring (bicyclic) bond motifs is 2. The molecule has 1 aliphatic carbocycles. The van der Waals surface area contributed by atoms with E-state index in [0.717, 1.165) is 69.2 Å². The number of pyridine rings is 1. The summed E-state index contributed by atoms with van der Waals surface area (Å²) in [7, 11) is 0. The van der Waals surface area contributed by atoms with Crippen LogP contribution in [0.25, 0.3) is 10.9 Å². The largest absolute Gasteiger partial charge is 0.506 e. The number of nitrogen functional groups attached to an aromatic ring is 1. The maximum atomic E-state index is 10.2. The second-order valence-corrected chi connectivity index (χ2v) is 10.3. The zero-order chi connectivity index (χ0) is 22.8. The van der Waals surface area contributed by atoms with Gasteiger partial charge in [-0.05, 0) is 44.4 Å². The number of para-hydroxylation sites is 1. The van der Waals surface area contributed by atoms with Gasteiger partial charge in [-0.3, -0.25) is 14.8 Å². The van der Waals surface area contributed by atoms with Crippen molar-refractivity contribution in [1.82, 2.24) is 19.8 Å². The molecule has 1 fully saturated rings. The lowest BCUT2D eigenvalue weighted by atomic mass is 9.96. The van der Waals surface area contributed by atoms with Gasteiger partial charge in [-0.15, -0.1) is 11.3 Å². The van der Waals surface area contributed by atoms with Crippen LogP contribution < -0.4 is 10.6 Å². The highest BCUT2D eigenvalue weighted by Crippen LogP contribution is 2.32. The highest BCUT2D eigenvalue weighted by Gasteiger charge is 2.27. The molecule has 0 unspecified atom stereocenters. The van der Waals surface area contributed by atoms with Gasteiger partial charge in [0, 0.05) is 67.5 Å². The predicted octanol–water partition coefficient (Wildman–Crippen LogP) is 3.37. The summed E-state index contributed by atoms with van der Waals surface area (Å²) < 4.78 is 0. The molecule has 1 atom stereocenters. The number of hydrogen-bond donors (Lipinski definition) is 2. The molecule has 2 aromatic heterocycles. The minimum absolute atomic E-state index is 0.250. The molecule has 3 N–H and O–H groups in total. The first-order valence-corrected chi connectivity index (χ1v) is 13.0. The van der Waals surface area contributed by atoms with Crippen LogP contribution in [0.2, 0.25) is 0 Å². The lowest BCUT2D eigenvalue weighted by Crippen LogP contribution is -2.50. The van der Waals surface area contributed by atoms with E-state index >= 15 is 0 Å². The molecule has 0 bridgehead atoms. The number of aromatic nitrogens is 2. The van der Waals surface area contributed by atoms with Crippen LogP contribution in [-0.2, 0) is 12.8 Å². The van der Waals surface area contributed by atoms with E-state index in [9.17, 15) is 5.11 Å². The molecular formula is C25H34N6OS. The molecule has 2 aliphatic rings. The standard InChI is InChI=1S/C25H34N6OS/c1-2-10-30(18-6-7-20-23(17-18)33-25(26)28-20)14-11-29-12-15-31(16-13-29)21-8-9-27-24-19(21)4-3-5-22(24)32/h3-5,8-9,18,32H,2,6-7,10-17H2,1H3,(H2,26,28)/t18-/m0/s1. The number of aromatic hydroxyl groups is 1. The Morgan fingerprint density at radius 3 is 2.85 bits per heavy atom. The van der Waals surface area contributed by atoms with Crippen molar-refractivity contribution >= 4 is 33.1 Å². The lowest BCUT2D eigenvalue weighted by Gasteiger charge is -2.39. The first kappa shape index (κ1) is 22.4. The van der Waals surface area contributed by atoms with E-state index in [-0.39, 0.29) is 5.75 Å². The second-order valence-electron chi connectivity index (χ2n) is 9.19. The van der Waals surface area contributed by atoms with Gasteiger partial charge >= 0.3 is 0 Å². The number of thiazole rings is 1. The third-order valence-electron chi connectivity index (χ3n) is 7.10. The molecule has 176 valence electrons. The van der Waals surface area contributed by atoms with E-state index in [0.29, 0.717) is 11.6 Å². The summed E-state index contributed by atoms with van der Waals surface area (Å²) in [6.07, 6.45) is 6.33. The van der Waals surface area contributed by atoms with Crippen molar-refractivity contribution < 1.29 is 5.11 Å². The van der Waals surface area contributed by atoms with E-state index in [1.807, 2.05) is 6.07 Å². The number of hydrogen-bond acceptors (Lipinski definition) is 8. The highest BCUT2D eigenvalue weighted by atomic mass is 32.1. The summed E-state index contributed by atoms with van der Waals surface area (Å²) in [4.78, 5) is 18.0. The van der Waals surface area contributed by atoms with Gasteiger partial charge < -0.3 is 15.7 Å². The van der Waals surface area contributed by atoms with Crippen molar-refractivity contribution in [2.75, 3.05) is 56.4 Å². The van der Waals surface area contributed by atoms with Crippen LogP contribution in [0.4, 0.5) is 10.8 Å². The molecule has 1 aromatic carbocycles. The topological polar surface area (TPSA) is 81.8 Å². The second kappa shape index (κ2) is 9.83. The first-order valence-electron chi connectivity index (χ1n) is 12.1. The third kappa shape index (κ3) is 4.78. The molecule has 0 spiro atoms. The Labute approximate surface area is 199 Å². The van der Waals surface area contributed by atoms with Gasteiger partial charge in [0.05, 0.1) is 5.69 Å². The Morgan fingerprint density at radius 2 is 2.03 bits per heavy atom. The summed E-state index contributed by atoms with van der Waals surface area (Å²) in [6.45, 7) is 9.77. The normalized spacial score (nSPS) is 19.3. The van der Waals surface area contributed by atoms with E-state index in [4.69, 9.17) is 5.73 Å². The maximum absolute atomic E-state index is 10.2. The van der Waals surface area contributed by atoms with Crippen molar-refractivity contribution in [3.63, 3.8) is 0 Å². The van der Waals surface area contributed by atoms with Crippen LogP contribution in [0, 0.1) is 0 Å². The van der Waals surface area contributed by atoms with Gasteiger partial charge in [0.15, 0.2) is 5.13 Å². The van der Waals surface area contributed by atoms with Crippen LogP contribution >= 0.6 is 11.3 Å². The summed E-state index contributed by atoms with van der Waals surface area (Å²) >= 11 is 1.68. The lowest BCUT2D eigenvalue weighted by molar-refractivity contribution is 0.146. The molecule has 33 heavy (non-hydrogen) atoms. The van der Waals surface area contributed by atoms with Gasteiger partial charge in [0.1, 0.15) is 11.3 Å². The SMILES string of the molecule is CCCN(CCN1CCN(c2ccnc3c(O)cccc23)CC1)[C@H]1CCc2nc(N)sc2C1. The fourth-order valence-corrected chi connectivity index (χ4v) is 6.31. The molecule has 1 aliphatic heterocycles. The molecule has 8 heteroatoms. The van der Waals surface area contributed by atoms with Crippen LogP contribution in [0.1, 0.15) is 30.3 Å². The number of phenols is 1. The summed E-state index contributed by atoms with van der Waals surface area (Å²) in [5.74, 6) is 0.250. The zero-order valence-electron chi connectivity index (χ0n) is 19.4. The van der Waals surface area contributed by atoms with Crippen molar-refractivity contribution in [1.29, 1.82) is 0 Å². The Bertz CT molecular complexity index is 1090. The number of nitrogens with two attached hydrogens (primary N) is 1. The quantitative estimate of drug-likeness (QED) is 0.552. The van der Waals surface area contributed by atoms with Gasteiger partial charge in [-0.2, -0.15) is 0 Å². The van der Waals surface area contributed by atoms with Gasteiger partial charge in [-0.1, -0.05) is 19.1 Å². The smallest absolute Gasteiger partial charge is 0.180 e. The van der Waals surface area contributed by atoms with Gasteiger partial charge in [0.2, 0.25) is 0 Å². The van der Waals surface area contributed by atoms with E-state index < -0.39 is 0 Å². The number of piperazine rings is 1. The molecule has 3 aromatic rings. The summed E-state index contributed by atoms with van der Waals surface area (Å²) in [5, 5.41) is 11.9. The molecule has 5 rings (SSSR count). The van der Waals surface area contributed by atoms with Crippen LogP contribution in [-0.4, -0.2) is 76.7 Å². The number of phenolic OH excluding ortho intramolecular Hbond substituents is 1. The van der Waals surface area contributed by atoms with Crippen molar-refractivity contribution in [3.8, 4) is 5.75 Å². The minimum atomic E-state index is 0.250. The monoisotopic (exact) mass is 466 g/mol. The highest BCUT2D eigenvalue weighted by molar-refractivity contribution is 7.15. The van der Waals surface area contributed by atoms with Crippen molar-refractivity contribution in [2.45, 2.75) is 38.6 Å². The average molecular weight is 467 g/mol. The third-order valence-corrected chi connectivity index (χ3v) is 8.05. The molecule has 0 amide bonds. The van der Waals surface area contributed by atoms with Crippen molar-refractivity contribution in [3.05, 3.63) is 41.0 Å². The molecular weight excluding hydrogens is 432 g/mol. The van der Waals surface area contributed by atoms with E-state index in [1.54, 1.807) is 23.6 Å². The minimum Gasteiger partial charge on any atom is -0.506 e. The number of benzene rings is 1. The molecule has 7 nitrogen and oxygen atoms in total. The number of anilines is 2. The Balaban J connectivity index is 1.18. The predicted molar refractivity (Wildman–Crippen MR) is 136 cm³/mol. The Hall–Kier alpha value is -2.42. The first-order chi connectivity index (χ1) is 16.1. The van der Waals surface area contributed by atoms with Crippen LogP contribution in [0.15, 0.2) is 30.5 Å². The number of rotatable bonds is 7. The fourth-order valence-electron chi connectivity index (χ4n) is 5.36. The summed E-state index contributed by atoms with van der Waals surface area (Å²) in [6, 6.07) is 8.34.